The van der Waals surface area contributed by atoms with Gasteiger partial charge in [-0.1, -0.05) is 36.4 Å². The number of anilines is 3. The lowest BCUT2D eigenvalue weighted by molar-refractivity contribution is -0.115. The van der Waals surface area contributed by atoms with E-state index in [2.05, 4.69) is 34.5 Å². The Morgan fingerprint density at radius 2 is 1.66 bits per heavy atom. The quantitative estimate of drug-likeness (QED) is 0.672. The lowest BCUT2D eigenvalue weighted by Crippen LogP contribution is -2.19. The SMILES string of the molecule is COc1ccc(CC(=O)Nc2ccccc2N2CCc3ccccc32)cc1OC. The van der Waals surface area contributed by atoms with E-state index in [1.807, 2.05) is 42.5 Å². The smallest absolute Gasteiger partial charge is 0.228 e. The van der Waals surface area contributed by atoms with Gasteiger partial charge in [0.05, 0.1) is 32.0 Å². The van der Waals surface area contributed by atoms with Crippen LogP contribution in [-0.4, -0.2) is 26.7 Å². The fourth-order valence-corrected chi connectivity index (χ4v) is 3.77. The molecule has 3 aromatic carbocycles. The van der Waals surface area contributed by atoms with Crippen LogP contribution in [-0.2, 0) is 17.6 Å². The number of amides is 1. The second-order valence-corrected chi connectivity index (χ2v) is 6.96. The minimum atomic E-state index is -0.0721. The molecule has 29 heavy (non-hydrogen) atoms. The summed E-state index contributed by atoms with van der Waals surface area (Å²) in [6.07, 6.45) is 1.26. The Balaban J connectivity index is 1.53. The maximum absolute atomic E-state index is 12.7. The molecule has 0 aliphatic carbocycles. The highest BCUT2D eigenvalue weighted by atomic mass is 16.5. The molecule has 0 saturated heterocycles. The van der Waals surface area contributed by atoms with E-state index in [0.717, 1.165) is 29.9 Å². The molecule has 1 aliphatic heterocycles. The number of nitrogens with one attached hydrogen (secondary N) is 1. The van der Waals surface area contributed by atoms with Crippen LogP contribution < -0.4 is 19.7 Å². The van der Waals surface area contributed by atoms with Gasteiger partial charge in [-0.2, -0.15) is 0 Å². The van der Waals surface area contributed by atoms with E-state index in [1.54, 1.807) is 14.2 Å². The Hall–Kier alpha value is -3.47. The first-order valence-electron chi connectivity index (χ1n) is 9.65. The van der Waals surface area contributed by atoms with Crippen molar-refractivity contribution < 1.29 is 14.3 Å². The number of rotatable bonds is 6. The van der Waals surface area contributed by atoms with Crippen molar-refractivity contribution in [3.63, 3.8) is 0 Å². The first kappa shape index (κ1) is 18.9. The maximum Gasteiger partial charge on any atom is 0.228 e. The Kier molecular flexibility index (Phi) is 5.38. The molecule has 5 heteroatoms. The number of fused-ring (bicyclic) bond motifs is 1. The fourth-order valence-electron chi connectivity index (χ4n) is 3.77. The molecule has 0 unspecified atom stereocenters. The molecule has 148 valence electrons. The number of hydrogen-bond acceptors (Lipinski definition) is 4. The number of nitrogens with zero attached hydrogens (tertiary/aromatic N) is 1. The third kappa shape index (κ3) is 3.90. The molecule has 3 aromatic rings. The zero-order valence-electron chi connectivity index (χ0n) is 16.6. The van der Waals surface area contributed by atoms with Gasteiger partial charge in [-0.25, -0.2) is 0 Å². The van der Waals surface area contributed by atoms with Gasteiger partial charge in [-0.05, 0) is 47.9 Å². The van der Waals surface area contributed by atoms with Gasteiger partial charge in [0.2, 0.25) is 5.91 Å². The average molecular weight is 388 g/mol. The topological polar surface area (TPSA) is 50.8 Å². The Morgan fingerprint density at radius 3 is 2.45 bits per heavy atom. The van der Waals surface area contributed by atoms with Crippen LogP contribution in [0.15, 0.2) is 66.7 Å². The average Bonchev–Trinajstić information content (AvgIpc) is 3.18. The summed E-state index contributed by atoms with van der Waals surface area (Å²) in [6, 6.07) is 21.9. The molecule has 0 atom stereocenters. The van der Waals surface area contributed by atoms with Crippen LogP contribution in [0.25, 0.3) is 0 Å². The molecule has 0 fully saturated rings. The summed E-state index contributed by atoms with van der Waals surface area (Å²) in [5, 5.41) is 3.08. The van der Waals surface area contributed by atoms with Gasteiger partial charge >= 0.3 is 0 Å². The molecule has 1 heterocycles. The zero-order chi connectivity index (χ0) is 20.2. The molecule has 4 rings (SSSR count). The predicted molar refractivity (Wildman–Crippen MR) is 115 cm³/mol. The molecule has 0 spiro atoms. The molecule has 5 nitrogen and oxygen atoms in total. The minimum Gasteiger partial charge on any atom is -0.493 e. The van der Waals surface area contributed by atoms with E-state index in [9.17, 15) is 4.79 Å². The van der Waals surface area contributed by atoms with Gasteiger partial charge in [0.1, 0.15) is 0 Å². The van der Waals surface area contributed by atoms with Crippen LogP contribution in [0.5, 0.6) is 11.5 Å². The third-order valence-electron chi connectivity index (χ3n) is 5.17. The highest BCUT2D eigenvalue weighted by Crippen LogP contribution is 2.38. The summed E-state index contributed by atoms with van der Waals surface area (Å²) >= 11 is 0. The molecular formula is C24H24N2O3. The lowest BCUT2D eigenvalue weighted by Gasteiger charge is -2.23. The molecule has 0 saturated carbocycles. The van der Waals surface area contributed by atoms with Gasteiger partial charge in [-0.3, -0.25) is 4.79 Å². The molecule has 0 aromatic heterocycles. The Morgan fingerprint density at radius 1 is 0.931 bits per heavy atom. The minimum absolute atomic E-state index is 0.0721. The number of carbonyl (C=O) groups excluding carboxylic acids is 1. The lowest BCUT2D eigenvalue weighted by atomic mass is 10.1. The summed E-state index contributed by atoms with van der Waals surface area (Å²) in [6.45, 7) is 0.905. The van der Waals surface area contributed by atoms with Crippen molar-refractivity contribution in [2.75, 3.05) is 31.0 Å². The first-order chi connectivity index (χ1) is 14.2. The first-order valence-corrected chi connectivity index (χ1v) is 9.65. The van der Waals surface area contributed by atoms with Gasteiger partial charge in [0.15, 0.2) is 11.5 Å². The van der Waals surface area contributed by atoms with E-state index in [4.69, 9.17) is 9.47 Å². The van der Waals surface area contributed by atoms with Crippen LogP contribution in [0.1, 0.15) is 11.1 Å². The molecule has 0 radical (unpaired) electrons. The maximum atomic E-state index is 12.7. The van der Waals surface area contributed by atoms with Gasteiger partial charge in [0.25, 0.3) is 0 Å². The summed E-state index contributed by atoms with van der Waals surface area (Å²) in [4.78, 5) is 15.0. The van der Waals surface area contributed by atoms with Crippen molar-refractivity contribution in [3.05, 3.63) is 77.9 Å². The number of ether oxygens (including phenoxy) is 2. The highest BCUT2D eigenvalue weighted by Gasteiger charge is 2.22. The summed E-state index contributed by atoms with van der Waals surface area (Å²) in [5.41, 5.74) is 5.23. The third-order valence-corrected chi connectivity index (χ3v) is 5.17. The van der Waals surface area contributed by atoms with Crippen molar-refractivity contribution in [2.45, 2.75) is 12.8 Å². The van der Waals surface area contributed by atoms with Crippen molar-refractivity contribution in [1.29, 1.82) is 0 Å². The van der Waals surface area contributed by atoms with E-state index >= 15 is 0 Å². The van der Waals surface area contributed by atoms with E-state index in [1.165, 1.54) is 11.3 Å². The second kappa shape index (κ2) is 8.27. The Labute approximate surface area is 170 Å². The summed E-state index contributed by atoms with van der Waals surface area (Å²) in [7, 11) is 3.18. The monoisotopic (exact) mass is 388 g/mol. The van der Waals surface area contributed by atoms with Crippen molar-refractivity contribution in [3.8, 4) is 11.5 Å². The predicted octanol–water partition coefficient (Wildman–Crippen LogP) is 4.58. The van der Waals surface area contributed by atoms with Crippen LogP contribution >= 0.6 is 0 Å². The standard InChI is InChI=1S/C24H24N2O3/c1-28-22-12-11-17(15-23(22)29-2)16-24(27)25-19-8-4-6-10-21(19)26-14-13-18-7-3-5-9-20(18)26/h3-12,15H,13-14,16H2,1-2H3,(H,25,27). The summed E-state index contributed by atoms with van der Waals surface area (Å²) in [5.74, 6) is 1.19. The number of para-hydroxylation sites is 3. The molecular weight excluding hydrogens is 364 g/mol. The van der Waals surface area contributed by atoms with Gasteiger partial charge in [-0.15, -0.1) is 0 Å². The number of benzene rings is 3. The number of methoxy groups -OCH3 is 2. The number of carbonyl (C=O) groups is 1. The normalized spacial score (nSPS) is 12.4. The summed E-state index contributed by atoms with van der Waals surface area (Å²) < 4.78 is 10.6. The second-order valence-electron chi connectivity index (χ2n) is 6.96. The van der Waals surface area contributed by atoms with Gasteiger partial charge < -0.3 is 19.7 Å². The van der Waals surface area contributed by atoms with E-state index in [0.29, 0.717) is 11.5 Å². The molecule has 1 N–H and O–H groups in total. The highest BCUT2D eigenvalue weighted by molar-refractivity contribution is 5.96. The van der Waals surface area contributed by atoms with Gasteiger partial charge in [0, 0.05) is 12.2 Å². The number of hydrogen-bond donors (Lipinski definition) is 1. The van der Waals surface area contributed by atoms with Crippen LogP contribution in [0.2, 0.25) is 0 Å². The van der Waals surface area contributed by atoms with Crippen molar-refractivity contribution in [2.24, 2.45) is 0 Å². The fraction of sp³-hybridized carbons (Fsp3) is 0.208. The largest absolute Gasteiger partial charge is 0.493 e. The molecule has 1 amide bonds. The Bertz CT molecular complexity index is 1030. The zero-order valence-corrected chi connectivity index (χ0v) is 16.6. The van der Waals surface area contributed by atoms with Crippen molar-refractivity contribution in [1.82, 2.24) is 0 Å². The van der Waals surface area contributed by atoms with E-state index < -0.39 is 0 Å². The van der Waals surface area contributed by atoms with Crippen molar-refractivity contribution >= 4 is 23.0 Å². The molecule has 0 bridgehead atoms. The molecule has 1 aliphatic rings. The van der Waals surface area contributed by atoms with E-state index in [-0.39, 0.29) is 12.3 Å². The van der Waals surface area contributed by atoms with Crippen LogP contribution in [0.4, 0.5) is 17.1 Å². The van der Waals surface area contributed by atoms with Crippen LogP contribution in [0, 0.1) is 0 Å². The van der Waals surface area contributed by atoms with Crippen LogP contribution in [0.3, 0.4) is 0 Å².